The predicted molar refractivity (Wildman–Crippen MR) is 279 cm³/mol. The molecule has 0 aromatic rings. The second kappa shape index (κ2) is 53.7. The summed E-state index contributed by atoms with van der Waals surface area (Å²) in [6, 6.07) is 0. The Morgan fingerprint density at radius 3 is 0.908 bits per heavy atom. The van der Waals surface area contributed by atoms with Crippen LogP contribution in [0.3, 0.4) is 0 Å². The monoisotopic (exact) mass is 909 g/mol. The molecule has 376 valence electrons. The molecular weight excluding hydrogens is 805 g/mol. The molecule has 0 saturated heterocycles. The van der Waals surface area contributed by atoms with Crippen LogP contribution in [0.2, 0.25) is 0 Å². The van der Waals surface area contributed by atoms with Gasteiger partial charge in [0.25, 0.3) is 0 Å². The van der Waals surface area contributed by atoms with Crippen LogP contribution in [-0.4, -0.2) is 37.2 Å². The normalized spacial score (nSPS) is 12.5. The quantitative estimate of drug-likeness (QED) is 0.0262. The van der Waals surface area contributed by atoms with E-state index < -0.39 is 6.10 Å². The van der Waals surface area contributed by atoms with Crippen LogP contribution in [0.5, 0.6) is 0 Å². The first kappa shape index (κ1) is 62.1. The fraction of sp³-hybridized carbons (Fsp3) is 0.780. The van der Waals surface area contributed by atoms with Crippen LogP contribution in [0, 0.1) is 0 Å². The zero-order valence-corrected chi connectivity index (χ0v) is 43.0. The molecule has 6 nitrogen and oxygen atoms in total. The number of hydrogen-bond donors (Lipinski definition) is 0. The molecule has 1 unspecified atom stereocenters. The van der Waals surface area contributed by atoms with Crippen molar-refractivity contribution in [2.45, 2.75) is 284 Å². The standard InChI is InChI=1S/C59H104O6/c1-4-7-10-13-16-19-22-25-28-30-32-34-37-40-43-46-49-52-58(61)64-55-56(54-63-57(60)51-48-45-42-39-36-33-27-24-21-18-15-12-9-6-3)65-59(62)53-50-47-44-41-38-35-31-29-26-23-20-17-14-11-8-5-2/h8,11,17,20,26,29,35,38,44,47,56H,4-7,9-10,12-16,18-19,21-25,27-28,30-34,36-37,39-43,45-46,48-55H2,1-3H3/b11-8-,20-17-,29-26-,38-35-,47-44-. The van der Waals surface area contributed by atoms with Crippen LogP contribution >= 0.6 is 0 Å². The molecule has 0 rings (SSSR count). The Kier molecular flexibility index (Phi) is 51.3. The zero-order chi connectivity index (χ0) is 47.2. The molecule has 0 aromatic carbocycles. The number of unbranched alkanes of at least 4 members (excludes halogenated alkanes) is 29. The van der Waals surface area contributed by atoms with E-state index in [4.69, 9.17) is 14.2 Å². The van der Waals surface area contributed by atoms with Crippen LogP contribution in [0.15, 0.2) is 60.8 Å². The van der Waals surface area contributed by atoms with E-state index in [9.17, 15) is 14.4 Å². The number of hydrogen-bond acceptors (Lipinski definition) is 6. The van der Waals surface area contributed by atoms with E-state index in [0.29, 0.717) is 19.3 Å². The van der Waals surface area contributed by atoms with Gasteiger partial charge in [-0.1, -0.05) is 268 Å². The third-order valence-corrected chi connectivity index (χ3v) is 12.1. The molecular formula is C59H104O6. The van der Waals surface area contributed by atoms with Crippen LogP contribution in [0.4, 0.5) is 0 Å². The molecule has 0 amide bonds. The van der Waals surface area contributed by atoms with Crippen LogP contribution < -0.4 is 0 Å². The van der Waals surface area contributed by atoms with Crippen molar-refractivity contribution in [3.05, 3.63) is 60.8 Å². The van der Waals surface area contributed by atoms with E-state index >= 15 is 0 Å². The van der Waals surface area contributed by atoms with Crippen molar-refractivity contribution in [2.75, 3.05) is 13.2 Å². The number of allylic oxidation sites excluding steroid dienone is 10. The Labute approximate surface area is 402 Å². The largest absolute Gasteiger partial charge is 0.462 e. The van der Waals surface area contributed by atoms with E-state index in [1.807, 2.05) is 6.08 Å². The summed E-state index contributed by atoms with van der Waals surface area (Å²) in [5, 5.41) is 0. The Balaban J connectivity index is 4.44. The lowest BCUT2D eigenvalue weighted by atomic mass is 10.0. The van der Waals surface area contributed by atoms with Gasteiger partial charge in [0.05, 0.1) is 0 Å². The molecule has 0 bridgehead atoms. The second-order valence-electron chi connectivity index (χ2n) is 18.5. The van der Waals surface area contributed by atoms with Crippen molar-refractivity contribution in [1.82, 2.24) is 0 Å². The third-order valence-electron chi connectivity index (χ3n) is 12.1. The molecule has 0 N–H and O–H groups in total. The Morgan fingerprint density at radius 1 is 0.323 bits per heavy atom. The molecule has 0 heterocycles. The Bertz CT molecular complexity index is 1180. The van der Waals surface area contributed by atoms with Crippen LogP contribution in [0.25, 0.3) is 0 Å². The van der Waals surface area contributed by atoms with E-state index in [0.717, 1.165) is 70.6 Å². The first-order chi connectivity index (χ1) is 32.0. The summed E-state index contributed by atoms with van der Waals surface area (Å²) in [6.45, 7) is 6.49. The number of ether oxygens (including phenoxy) is 3. The highest BCUT2D eigenvalue weighted by atomic mass is 16.6. The van der Waals surface area contributed by atoms with Gasteiger partial charge >= 0.3 is 17.9 Å². The van der Waals surface area contributed by atoms with Gasteiger partial charge < -0.3 is 14.2 Å². The molecule has 0 spiro atoms. The van der Waals surface area contributed by atoms with E-state index in [2.05, 4.69) is 75.5 Å². The average Bonchev–Trinajstić information content (AvgIpc) is 3.30. The van der Waals surface area contributed by atoms with Gasteiger partial charge in [0.2, 0.25) is 0 Å². The zero-order valence-electron chi connectivity index (χ0n) is 43.0. The lowest BCUT2D eigenvalue weighted by molar-refractivity contribution is -0.166. The highest BCUT2D eigenvalue weighted by molar-refractivity contribution is 5.71. The molecule has 0 fully saturated rings. The smallest absolute Gasteiger partial charge is 0.306 e. The first-order valence-electron chi connectivity index (χ1n) is 27.8. The van der Waals surface area contributed by atoms with Crippen molar-refractivity contribution in [2.24, 2.45) is 0 Å². The first-order valence-corrected chi connectivity index (χ1v) is 27.8. The van der Waals surface area contributed by atoms with Crippen molar-refractivity contribution in [3.8, 4) is 0 Å². The molecule has 0 aliphatic heterocycles. The SMILES string of the molecule is CC/C=C\C/C=C\C/C=C\C/C=C\C/C=C\CCC(=O)OC(COC(=O)CCCCCCCCCCCCCCCC)COC(=O)CCCCCCCCCCCCCCCCCCC. The summed E-state index contributed by atoms with van der Waals surface area (Å²) in [4.78, 5) is 38.0. The molecule has 0 aliphatic carbocycles. The van der Waals surface area contributed by atoms with Gasteiger partial charge in [-0.2, -0.15) is 0 Å². The van der Waals surface area contributed by atoms with Crippen molar-refractivity contribution in [1.29, 1.82) is 0 Å². The fourth-order valence-electron chi connectivity index (χ4n) is 7.90. The molecule has 6 heteroatoms. The highest BCUT2D eigenvalue weighted by Crippen LogP contribution is 2.16. The fourth-order valence-corrected chi connectivity index (χ4v) is 7.90. The number of carbonyl (C=O) groups is 3. The summed E-state index contributed by atoms with van der Waals surface area (Å²) in [7, 11) is 0. The summed E-state index contributed by atoms with van der Waals surface area (Å²) < 4.78 is 16.8. The Hall–Kier alpha value is -2.89. The maximum Gasteiger partial charge on any atom is 0.306 e. The minimum Gasteiger partial charge on any atom is -0.462 e. The van der Waals surface area contributed by atoms with Gasteiger partial charge in [-0.05, 0) is 51.4 Å². The van der Waals surface area contributed by atoms with Gasteiger partial charge in [-0.3, -0.25) is 14.4 Å². The number of esters is 3. The minimum atomic E-state index is -0.810. The molecule has 0 saturated carbocycles. The second-order valence-corrected chi connectivity index (χ2v) is 18.5. The van der Waals surface area contributed by atoms with E-state index in [-0.39, 0.29) is 37.5 Å². The highest BCUT2D eigenvalue weighted by Gasteiger charge is 2.19. The lowest BCUT2D eigenvalue weighted by Gasteiger charge is -2.18. The van der Waals surface area contributed by atoms with Crippen LogP contribution in [0.1, 0.15) is 278 Å². The van der Waals surface area contributed by atoms with Gasteiger partial charge in [-0.25, -0.2) is 0 Å². The van der Waals surface area contributed by atoms with Gasteiger partial charge in [0.15, 0.2) is 6.10 Å². The molecule has 1 atom stereocenters. The van der Waals surface area contributed by atoms with Crippen molar-refractivity contribution in [3.63, 3.8) is 0 Å². The number of carbonyl (C=O) groups excluding carboxylic acids is 3. The van der Waals surface area contributed by atoms with Gasteiger partial charge in [-0.15, -0.1) is 0 Å². The molecule has 0 aromatic heterocycles. The Morgan fingerprint density at radius 2 is 0.600 bits per heavy atom. The maximum absolute atomic E-state index is 12.8. The summed E-state index contributed by atoms with van der Waals surface area (Å²) in [6.07, 6.45) is 66.5. The molecule has 0 aliphatic rings. The van der Waals surface area contributed by atoms with Gasteiger partial charge in [0.1, 0.15) is 13.2 Å². The average molecular weight is 909 g/mol. The third kappa shape index (κ3) is 51.9. The maximum atomic E-state index is 12.8. The van der Waals surface area contributed by atoms with E-state index in [1.54, 1.807) is 0 Å². The molecule has 0 radical (unpaired) electrons. The summed E-state index contributed by atoms with van der Waals surface area (Å²) in [5.41, 5.74) is 0. The topological polar surface area (TPSA) is 78.9 Å². The summed E-state index contributed by atoms with van der Waals surface area (Å²) in [5.74, 6) is -0.971. The van der Waals surface area contributed by atoms with Gasteiger partial charge in [0, 0.05) is 19.3 Å². The van der Waals surface area contributed by atoms with E-state index in [1.165, 1.54) is 161 Å². The number of rotatable bonds is 50. The summed E-state index contributed by atoms with van der Waals surface area (Å²) >= 11 is 0. The van der Waals surface area contributed by atoms with Crippen LogP contribution in [-0.2, 0) is 28.6 Å². The molecule has 65 heavy (non-hydrogen) atoms. The van der Waals surface area contributed by atoms with Crippen molar-refractivity contribution >= 4 is 17.9 Å². The lowest BCUT2D eigenvalue weighted by Crippen LogP contribution is -2.30. The minimum absolute atomic E-state index is 0.0999. The predicted octanol–water partition coefficient (Wildman–Crippen LogP) is 18.4. The van der Waals surface area contributed by atoms with Crippen molar-refractivity contribution < 1.29 is 28.6 Å².